The van der Waals surface area contributed by atoms with E-state index in [9.17, 15) is 4.79 Å². The van der Waals surface area contributed by atoms with Gasteiger partial charge in [0.25, 0.3) is 0 Å². The van der Waals surface area contributed by atoms with E-state index >= 15 is 0 Å². The maximum Gasteiger partial charge on any atom is 0.225 e. The smallest absolute Gasteiger partial charge is 0.225 e. The van der Waals surface area contributed by atoms with Crippen molar-refractivity contribution in [3.05, 3.63) is 59.7 Å². The second kappa shape index (κ2) is 10.6. The minimum Gasteiger partial charge on any atom is -0.493 e. The van der Waals surface area contributed by atoms with Crippen molar-refractivity contribution in [3.8, 4) is 11.5 Å². The number of benzene rings is 2. The zero-order valence-corrected chi connectivity index (χ0v) is 18.3. The van der Waals surface area contributed by atoms with Crippen LogP contribution in [0.5, 0.6) is 11.5 Å². The quantitative estimate of drug-likeness (QED) is 0.682. The molecular weight excluding hydrogens is 392 g/mol. The van der Waals surface area contributed by atoms with Gasteiger partial charge in [0.15, 0.2) is 11.5 Å². The number of carbonyl (C=O) groups is 1. The zero-order chi connectivity index (χ0) is 21.5. The fourth-order valence-electron chi connectivity index (χ4n) is 4.30. The summed E-state index contributed by atoms with van der Waals surface area (Å²) in [6.07, 6.45) is 1.84. The Kier molecular flexibility index (Phi) is 7.43. The maximum absolute atomic E-state index is 12.7. The van der Waals surface area contributed by atoms with Crippen molar-refractivity contribution in [1.82, 2.24) is 9.80 Å². The molecule has 166 valence electrons. The number of amides is 1. The van der Waals surface area contributed by atoms with E-state index in [2.05, 4.69) is 17.0 Å². The molecule has 0 bridgehead atoms. The first-order valence-electron chi connectivity index (χ1n) is 11.2. The van der Waals surface area contributed by atoms with Crippen LogP contribution in [0, 0.1) is 5.92 Å². The Hall–Kier alpha value is -2.57. The van der Waals surface area contributed by atoms with Gasteiger partial charge in [-0.3, -0.25) is 9.69 Å². The molecule has 6 nitrogen and oxygen atoms in total. The van der Waals surface area contributed by atoms with Gasteiger partial charge in [0.1, 0.15) is 6.61 Å². The van der Waals surface area contributed by atoms with Crippen molar-refractivity contribution in [2.24, 2.45) is 5.92 Å². The Labute approximate surface area is 184 Å². The summed E-state index contributed by atoms with van der Waals surface area (Å²) in [6.45, 7) is 6.05. The van der Waals surface area contributed by atoms with E-state index in [1.54, 1.807) is 7.11 Å². The predicted molar refractivity (Wildman–Crippen MR) is 119 cm³/mol. The van der Waals surface area contributed by atoms with Gasteiger partial charge >= 0.3 is 0 Å². The molecule has 0 aromatic heterocycles. The number of rotatable bonds is 7. The first-order valence-corrected chi connectivity index (χ1v) is 11.2. The molecule has 0 unspecified atom stereocenters. The third-order valence-electron chi connectivity index (χ3n) is 6.13. The molecule has 0 radical (unpaired) electrons. The minimum absolute atomic E-state index is 0.151. The summed E-state index contributed by atoms with van der Waals surface area (Å²) in [5, 5.41) is 0. The second-order valence-corrected chi connectivity index (χ2v) is 8.25. The van der Waals surface area contributed by atoms with Crippen LogP contribution in [0.1, 0.15) is 24.0 Å². The van der Waals surface area contributed by atoms with Gasteiger partial charge < -0.3 is 19.1 Å². The zero-order valence-electron chi connectivity index (χ0n) is 18.3. The highest BCUT2D eigenvalue weighted by atomic mass is 16.5. The monoisotopic (exact) mass is 424 g/mol. The average molecular weight is 425 g/mol. The molecule has 2 fully saturated rings. The van der Waals surface area contributed by atoms with Crippen LogP contribution in [0.3, 0.4) is 0 Å². The molecule has 2 aliphatic rings. The van der Waals surface area contributed by atoms with Crippen LogP contribution < -0.4 is 9.47 Å². The van der Waals surface area contributed by atoms with Crippen molar-refractivity contribution < 1.29 is 19.0 Å². The van der Waals surface area contributed by atoms with Crippen molar-refractivity contribution in [3.63, 3.8) is 0 Å². The lowest BCUT2D eigenvalue weighted by Gasteiger charge is -2.35. The number of methoxy groups -OCH3 is 1. The normalized spacial score (nSPS) is 18.0. The van der Waals surface area contributed by atoms with Crippen LogP contribution in [-0.2, 0) is 22.7 Å². The molecule has 0 atom stereocenters. The summed E-state index contributed by atoms with van der Waals surface area (Å²) in [4.78, 5) is 17.1. The minimum atomic E-state index is 0.151. The highest BCUT2D eigenvalue weighted by Gasteiger charge is 2.29. The number of nitrogens with zero attached hydrogens (tertiary/aromatic N) is 2. The summed E-state index contributed by atoms with van der Waals surface area (Å²) in [5.74, 6) is 1.97. The van der Waals surface area contributed by atoms with Gasteiger partial charge in [-0.2, -0.15) is 0 Å². The van der Waals surface area contributed by atoms with Gasteiger partial charge in [0.05, 0.1) is 20.3 Å². The number of hydrogen-bond acceptors (Lipinski definition) is 5. The molecule has 2 heterocycles. The molecule has 1 amide bonds. The summed E-state index contributed by atoms with van der Waals surface area (Å²) < 4.78 is 16.9. The number of hydrogen-bond donors (Lipinski definition) is 0. The Morgan fingerprint density at radius 2 is 1.71 bits per heavy atom. The molecule has 0 aliphatic carbocycles. The fraction of sp³-hybridized carbons (Fsp3) is 0.480. The summed E-state index contributed by atoms with van der Waals surface area (Å²) in [5.41, 5.74) is 2.32. The molecule has 2 aliphatic heterocycles. The predicted octanol–water partition coefficient (Wildman–Crippen LogP) is 3.35. The maximum atomic E-state index is 12.7. The highest BCUT2D eigenvalue weighted by molar-refractivity contribution is 5.79. The van der Waals surface area contributed by atoms with Crippen LogP contribution in [0.25, 0.3) is 0 Å². The number of morpholine rings is 1. The van der Waals surface area contributed by atoms with Crippen LogP contribution in [0.15, 0.2) is 48.5 Å². The third kappa shape index (κ3) is 5.77. The summed E-state index contributed by atoms with van der Waals surface area (Å²) in [6, 6.07) is 16.3. The van der Waals surface area contributed by atoms with E-state index in [0.29, 0.717) is 25.7 Å². The van der Waals surface area contributed by atoms with E-state index in [1.165, 1.54) is 5.56 Å². The van der Waals surface area contributed by atoms with E-state index in [1.807, 2.05) is 41.3 Å². The molecule has 0 saturated carbocycles. The van der Waals surface area contributed by atoms with E-state index < -0.39 is 0 Å². The van der Waals surface area contributed by atoms with E-state index in [4.69, 9.17) is 14.2 Å². The average Bonchev–Trinajstić information content (AvgIpc) is 2.84. The Morgan fingerprint density at radius 3 is 2.42 bits per heavy atom. The Balaban J connectivity index is 1.29. The van der Waals surface area contributed by atoms with Gasteiger partial charge in [0.2, 0.25) is 5.91 Å². The molecule has 31 heavy (non-hydrogen) atoms. The number of likely N-dealkylation sites (tertiary alicyclic amines) is 1. The molecule has 2 aromatic carbocycles. The molecule has 4 rings (SSSR count). The fourth-order valence-corrected chi connectivity index (χ4v) is 4.30. The topological polar surface area (TPSA) is 51.2 Å². The number of piperidine rings is 1. The molecule has 0 N–H and O–H groups in total. The van der Waals surface area contributed by atoms with Crippen LogP contribution in [-0.4, -0.2) is 62.2 Å². The molecule has 2 aromatic rings. The first kappa shape index (κ1) is 21.7. The first-order chi connectivity index (χ1) is 15.2. The molecule has 2 saturated heterocycles. The van der Waals surface area contributed by atoms with E-state index in [-0.39, 0.29) is 5.92 Å². The van der Waals surface area contributed by atoms with Gasteiger partial charge in [-0.05, 0) is 49.2 Å². The largest absolute Gasteiger partial charge is 0.493 e. The third-order valence-corrected chi connectivity index (χ3v) is 6.13. The Bertz CT molecular complexity index is 844. The molecule has 0 spiro atoms. The van der Waals surface area contributed by atoms with Gasteiger partial charge in [-0.15, -0.1) is 0 Å². The van der Waals surface area contributed by atoms with Gasteiger partial charge in [-0.25, -0.2) is 0 Å². The van der Waals surface area contributed by atoms with E-state index in [0.717, 1.165) is 62.6 Å². The summed E-state index contributed by atoms with van der Waals surface area (Å²) >= 11 is 0. The van der Waals surface area contributed by atoms with Crippen molar-refractivity contribution in [2.75, 3.05) is 46.5 Å². The van der Waals surface area contributed by atoms with Gasteiger partial charge in [-0.1, -0.05) is 36.4 Å². The highest BCUT2D eigenvalue weighted by Crippen LogP contribution is 2.30. The summed E-state index contributed by atoms with van der Waals surface area (Å²) in [7, 11) is 1.68. The van der Waals surface area contributed by atoms with Crippen molar-refractivity contribution in [2.45, 2.75) is 26.0 Å². The van der Waals surface area contributed by atoms with Crippen LogP contribution in [0.4, 0.5) is 0 Å². The van der Waals surface area contributed by atoms with Gasteiger partial charge in [0, 0.05) is 25.6 Å². The van der Waals surface area contributed by atoms with Crippen molar-refractivity contribution in [1.29, 1.82) is 0 Å². The van der Waals surface area contributed by atoms with Crippen LogP contribution >= 0.6 is 0 Å². The lowest BCUT2D eigenvalue weighted by Crippen LogP contribution is -2.46. The molecular formula is C25H32N2O4. The number of ether oxygens (including phenoxy) is 3. The lowest BCUT2D eigenvalue weighted by atomic mass is 9.94. The lowest BCUT2D eigenvalue weighted by molar-refractivity contribution is -0.141. The number of carbonyl (C=O) groups excluding carboxylic acids is 1. The van der Waals surface area contributed by atoms with Crippen LogP contribution in [0.2, 0.25) is 0 Å². The molecule has 6 heteroatoms. The SMILES string of the molecule is COc1cc(CN2CCC(C(=O)N3CCOCC3)CC2)ccc1OCc1ccccc1. The standard InChI is InChI=1S/C25H32N2O4/c1-29-24-17-21(7-8-23(24)31-19-20-5-3-2-4-6-20)18-26-11-9-22(10-12-26)25(28)27-13-15-30-16-14-27/h2-8,17,22H,9-16,18-19H2,1H3. The second-order valence-electron chi connectivity index (χ2n) is 8.25. The Morgan fingerprint density at radius 1 is 0.968 bits per heavy atom. The van der Waals surface area contributed by atoms with Crippen molar-refractivity contribution >= 4 is 5.91 Å².